The van der Waals surface area contributed by atoms with Crippen molar-refractivity contribution in [1.29, 1.82) is 0 Å². The Balaban J connectivity index is 1.66. The Labute approximate surface area is 192 Å². The van der Waals surface area contributed by atoms with Gasteiger partial charge in [0.1, 0.15) is 0 Å². The van der Waals surface area contributed by atoms with Crippen LogP contribution in [-0.2, 0) is 16.4 Å². The molecule has 7 heteroatoms. The highest BCUT2D eigenvalue weighted by atomic mass is 35.5. The third-order valence-corrected chi connectivity index (χ3v) is 7.39. The van der Waals surface area contributed by atoms with Gasteiger partial charge in [-0.3, -0.25) is 9.10 Å². The molecule has 0 bridgehead atoms. The van der Waals surface area contributed by atoms with E-state index in [1.807, 2.05) is 0 Å². The van der Waals surface area contributed by atoms with Gasteiger partial charge in [0.05, 0.1) is 17.2 Å². The molecule has 0 fully saturated rings. The molecule has 4 rings (SSSR count). The van der Waals surface area contributed by atoms with Crippen LogP contribution in [0.1, 0.15) is 34.0 Å². The fourth-order valence-corrected chi connectivity index (χ4v) is 5.50. The monoisotopic (exact) mass is 462 g/mol. The fourth-order valence-electron chi connectivity index (χ4n) is 3.75. The van der Waals surface area contributed by atoms with Gasteiger partial charge >= 0.3 is 0 Å². The van der Waals surface area contributed by atoms with E-state index in [2.05, 4.69) is 4.85 Å². The number of ketones is 1. The molecule has 160 valence electrons. The summed E-state index contributed by atoms with van der Waals surface area (Å²) in [7, 11) is -3.73. The van der Waals surface area contributed by atoms with Crippen LogP contribution in [0.2, 0.25) is 5.02 Å². The lowest BCUT2D eigenvalue weighted by Gasteiger charge is -2.20. The van der Waals surface area contributed by atoms with Crippen molar-refractivity contribution in [1.82, 2.24) is 0 Å². The van der Waals surface area contributed by atoms with Gasteiger partial charge in [-0.05, 0) is 66.4 Å². The molecule has 0 unspecified atom stereocenters. The first-order valence-corrected chi connectivity index (χ1v) is 11.7. The molecule has 0 spiro atoms. The maximum Gasteiger partial charge on any atom is 0.264 e. The lowest BCUT2D eigenvalue weighted by atomic mass is 10.0. The van der Waals surface area contributed by atoms with E-state index in [0.29, 0.717) is 46.1 Å². The van der Waals surface area contributed by atoms with E-state index in [1.165, 1.54) is 11.2 Å². The summed E-state index contributed by atoms with van der Waals surface area (Å²) in [6, 6.07) is 16.8. The van der Waals surface area contributed by atoms with E-state index in [0.717, 1.165) is 5.56 Å². The number of rotatable bonds is 5. The van der Waals surface area contributed by atoms with E-state index >= 15 is 0 Å². The zero-order chi connectivity index (χ0) is 22.9. The lowest BCUT2D eigenvalue weighted by Crippen LogP contribution is -2.29. The van der Waals surface area contributed by atoms with Gasteiger partial charge in [-0.15, -0.1) is 0 Å². The van der Waals surface area contributed by atoms with Gasteiger partial charge < -0.3 is 0 Å². The van der Waals surface area contributed by atoms with Gasteiger partial charge in [-0.25, -0.2) is 13.3 Å². The van der Waals surface area contributed by atoms with Crippen LogP contribution in [-0.4, -0.2) is 20.7 Å². The molecule has 0 aliphatic carbocycles. The highest BCUT2D eigenvalue weighted by Crippen LogP contribution is 2.34. The number of fused-ring (bicyclic) bond motifs is 1. The molecular formula is C25H19ClN2O3S. The first kappa shape index (κ1) is 21.8. The van der Waals surface area contributed by atoms with Crippen molar-refractivity contribution < 1.29 is 13.2 Å². The Hall–Kier alpha value is -3.40. The lowest BCUT2D eigenvalue weighted by molar-refractivity contribution is 0.101. The molecule has 1 heterocycles. The summed E-state index contributed by atoms with van der Waals surface area (Å²) in [5, 5.41) is 0.587. The summed E-state index contributed by atoms with van der Waals surface area (Å²) in [5.74, 6) is -0.140. The smallest absolute Gasteiger partial charge is 0.264 e. The van der Waals surface area contributed by atoms with Gasteiger partial charge in [0.25, 0.3) is 10.0 Å². The largest absolute Gasteiger partial charge is 0.295 e. The van der Waals surface area contributed by atoms with Crippen LogP contribution in [0.15, 0.2) is 65.6 Å². The predicted octanol–water partition coefficient (Wildman–Crippen LogP) is 6.02. The fraction of sp³-hybridized carbons (Fsp3) is 0.120. The number of anilines is 1. The quantitative estimate of drug-likeness (QED) is 0.265. The highest BCUT2D eigenvalue weighted by Gasteiger charge is 2.30. The number of hydrogen-bond donors (Lipinski definition) is 0. The minimum Gasteiger partial charge on any atom is -0.295 e. The first-order valence-electron chi connectivity index (χ1n) is 9.91. The average Bonchev–Trinajstić information content (AvgIpc) is 3.21. The summed E-state index contributed by atoms with van der Waals surface area (Å²) >= 11 is 6.04. The molecule has 5 nitrogen and oxygen atoms in total. The number of carbonyl (C=O) groups excluding carboxylic acids is 1. The number of sulfonamides is 1. The van der Waals surface area contributed by atoms with Gasteiger partial charge in [0.2, 0.25) is 0 Å². The predicted molar refractivity (Wildman–Crippen MR) is 128 cm³/mol. The van der Waals surface area contributed by atoms with Crippen LogP contribution in [0.25, 0.3) is 17.0 Å². The van der Waals surface area contributed by atoms with Gasteiger partial charge in [0.15, 0.2) is 11.5 Å². The van der Waals surface area contributed by atoms with Crippen LogP contribution in [0.5, 0.6) is 0 Å². The Bertz CT molecular complexity index is 1400. The minimum absolute atomic E-state index is 0.140. The molecule has 0 saturated carbocycles. The summed E-state index contributed by atoms with van der Waals surface area (Å²) in [6.07, 6.45) is 4.13. The van der Waals surface area contributed by atoms with Crippen LogP contribution in [0.4, 0.5) is 11.4 Å². The Kier molecular flexibility index (Phi) is 5.88. The number of benzene rings is 3. The Morgan fingerprint density at radius 1 is 1.09 bits per heavy atom. The second-order valence-corrected chi connectivity index (χ2v) is 9.74. The SMILES string of the molecule is [C-]#[N+]c1ccc(/C=C/c2cccc(S(=O)(=O)N3CCc4cc(Cl)ccc43)c2)c(C(C)=O)c1. The second kappa shape index (κ2) is 8.62. The van der Waals surface area contributed by atoms with Crippen LogP contribution in [0, 0.1) is 6.57 Å². The van der Waals surface area contributed by atoms with E-state index in [4.69, 9.17) is 18.2 Å². The maximum absolute atomic E-state index is 13.3. The van der Waals surface area contributed by atoms with Crippen molar-refractivity contribution in [3.63, 3.8) is 0 Å². The van der Waals surface area contributed by atoms with E-state index in [9.17, 15) is 13.2 Å². The molecule has 32 heavy (non-hydrogen) atoms. The minimum atomic E-state index is -3.73. The molecule has 0 saturated heterocycles. The summed E-state index contributed by atoms with van der Waals surface area (Å²) < 4.78 is 28.1. The number of carbonyl (C=O) groups is 1. The molecule has 1 aliphatic rings. The highest BCUT2D eigenvalue weighted by molar-refractivity contribution is 7.92. The zero-order valence-electron chi connectivity index (χ0n) is 17.2. The summed E-state index contributed by atoms with van der Waals surface area (Å²) in [5.41, 5.74) is 3.77. The van der Waals surface area contributed by atoms with Crippen LogP contribution in [0.3, 0.4) is 0 Å². The number of halogens is 1. The molecule has 0 N–H and O–H groups in total. The molecule has 3 aromatic carbocycles. The first-order chi connectivity index (χ1) is 15.3. The molecule has 0 amide bonds. The Morgan fingerprint density at radius 3 is 2.66 bits per heavy atom. The average molecular weight is 463 g/mol. The third-order valence-electron chi connectivity index (χ3n) is 5.34. The topological polar surface area (TPSA) is 58.8 Å². The number of nitrogens with zero attached hydrogens (tertiary/aromatic N) is 2. The van der Waals surface area contributed by atoms with Gasteiger partial charge in [0, 0.05) is 17.1 Å². The molecule has 0 radical (unpaired) electrons. The Morgan fingerprint density at radius 2 is 1.91 bits per heavy atom. The third kappa shape index (κ3) is 4.18. The van der Waals surface area contributed by atoms with Crippen molar-refractivity contribution in [3.05, 3.63) is 99.4 Å². The molecular weight excluding hydrogens is 444 g/mol. The van der Waals surface area contributed by atoms with Gasteiger partial charge in [-0.1, -0.05) is 48.0 Å². The second-order valence-electron chi connectivity index (χ2n) is 7.45. The normalized spacial score (nSPS) is 13.2. The van der Waals surface area contributed by atoms with Crippen molar-refractivity contribution >= 4 is 50.9 Å². The van der Waals surface area contributed by atoms with Crippen LogP contribution >= 0.6 is 11.6 Å². The molecule has 3 aromatic rings. The van der Waals surface area contributed by atoms with Crippen molar-refractivity contribution in [2.24, 2.45) is 0 Å². The molecule has 0 aromatic heterocycles. The van der Waals surface area contributed by atoms with Crippen molar-refractivity contribution in [3.8, 4) is 0 Å². The zero-order valence-corrected chi connectivity index (χ0v) is 18.8. The number of hydrogen-bond acceptors (Lipinski definition) is 3. The van der Waals surface area contributed by atoms with Crippen molar-refractivity contribution in [2.75, 3.05) is 10.8 Å². The van der Waals surface area contributed by atoms with Gasteiger partial charge in [-0.2, -0.15) is 0 Å². The van der Waals surface area contributed by atoms with E-state index < -0.39 is 10.0 Å². The van der Waals surface area contributed by atoms with E-state index in [1.54, 1.807) is 72.8 Å². The summed E-state index contributed by atoms with van der Waals surface area (Å²) in [6.45, 7) is 8.95. The maximum atomic E-state index is 13.3. The van der Waals surface area contributed by atoms with E-state index in [-0.39, 0.29) is 10.7 Å². The standard InChI is InChI=1S/C25H19ClN2O3S/c1-17(29)24-16-22(27-2)10-8-19(24)7-6-18-4-3-5-23(14-18)32(30,31)28-13-12-20-15-21(26)9-11-25(20)28/h3-11,14-16H,12-13H2,1H3/b7-6+. The van der Waals surface area contributed by atoms with Crippen molar-refractivity contribution in [2.45, 2.75) is 18.2 Å². The molecule has 0 atom stereocenters. The molecule has 1 aliphatic heterocycles. The summed E-state index contributed by atoms with van der Waals surface area (Å²) in [4.78, 5) is 15.5. The van der Waals surface area contributed by atoms with Crippen LogP contribution < -0.4 is 4.31 Å². The number of Topliss-reactive ketones (excluding diaryl/α,β-unsaturated/α-hetero) is 1.